The lowest BCUT2D eigenvalue weighted by Crippen LogP contribution is -2.20. The molecule has 0 saturated carbocycles. The fourth-order valence-corrected chi connectivity index (χ4v) is 1.72. The van der Waals surface area contributed by atoms with Crippen LogP contribution < -0.4 is 10.1 Å². The third-order valence-corrected chi connectivity index (χ3v) is 2.82. The molecule has 2 aromatic rings. The van der Waals surface area contributed by atoms with Gasteiger partial charge in [-0.15, -0.1) is 0 Å². The Morgan fingerprint density at radius 2 is 1.75 bits per heavy atom. The first-order chi connectivity index (χ1) is 9.54. The molecule has 0 aromatic heterocycles. The molecule has 0 bridgehead atoms. The van der Waals surface area contributed by atoms with Gasteiger partial charge < -0.3 is 15.2 Å². The maximum absolute atomic E-state index is 11.8. The zero-order valence-electron chi connectivity index (χ0n) is 11.5. The van der Waals surface area contributed by atoms with E-state index in [9.17, 15) is 9.90 Å². The van der Waals surface area contributed by atoms with E-state index in [-0.39, 0.29) is 18.3 Å². The van der Waals surface area contributed by atoms with Crippen LogP contribution in [0, 0.1) is 13.8 Å². The predicted octanol–water partition coefficient (Wildman–Crippen LogP) is 3.03. The van der Waals surface area contributed by atoms with Crippen LogP contribution in [-0.4, -0.2) is 17.6 Å². The van der Waals surface area contributed by atoms with Gasteiger partial charge in [0.15, 0.2) is 6.61 Å². The average Bonchev–Trinajstić information content (AvgIpc) is 2.42. The molecule has 2 aromatic carbocycles. The normalized spacial score (nSPS) is 10.1. The van der Waals surface area contributed by atoms with Gasteiger partial charge in [0.1, 0.15) is 11.5 Å². The highest BCUT2D eigenvalue weighted by Crippen LogP contribution is 2.23. The second kappa shape index (κ2) is 6.10. The van der Waals surface area contributed by atoms with Crippen molar-refractivity contribution in [3.8, 4) is 11.5 Å². The van der Waals surface area contributed by atoms with E-state index in [1.807, 2.05) is 38.1 Å². The van der Waals surface area contributed by atoms with E-state index < -0.39 is 0 Å². The summed E-state index contributed by atoms with van der Waals surface area (Å²) in [6.07, 6.45) is 0. The van der Waals surface area contributed by atoms with Crippen LogP contribution in [0.4, 0.5) is 5.69 Å². The highest BCUT2D eigenvalue weighted by Gasteiger charge is 2.07. The Morgan fingerprint density at radius 3 is 2.45 bits per heavy atom. The molecule has 0 aliphatic carbocycles. The number of aromatic hydroxyl groups is 1. The molecule has 0 aliphatic heterocycles. The van der Waals surface area contributed by atoms with Crippen LogP contribution in [0.1, 0.15) is 11.1 Å². The Labute approximate surface area is 118 Å². The lowest BCUT2D eigenvalue weighted by atomic mass is 10.2. The molecular weight excluding hydrogens is 254 g/mol. The number of carbonyl (C=O) groups excluding carboxylic acids is 1. The molecule has 0 spiro atoms. The van der Waals surface area contributed by atoms with Crippen LogP contribution in [0.25, 0.3) is 0 Å². The van der Waals surface area contributed by atoms with E-state index in [0.29, 0.717) is 11.4 Å². The molecule has 4 nitrogen and oxygen atoms in total. The van der Waals surface area contributed by atoms with Gasteiger partial charge in [-0.25, -0.2) is 0 Å². The number of benzene rings is 2. The van der Waals surface area contributed by atoms with Crippen molar-refractivity contribution in [2.24, 2.45) is 0 Å². The highest BCUT2D eigenvalue weighted by atomic mass is 16.5. The maximum Gasteiger partial charge on any atom is 0.262 e. The number of hydrogen-bond donors (Lipinski definition) is 2. The summed E-state index contributed by atoms with van der Waals surface area (Å²) >= 11 is 0. The zero-order chi connectivity index (χ0) is 14.5. The third-order valence-electron chi connectivity index (χ3n) is 2.82. The van der Waals surface area contributed by atoms with Crippen LogP contribution in [0.3, 0.4) is 0 Å². The summed E-state index contributed by atoms with van der Waals surface area (Å²) in [6, 6.07) is 12.5. The minimum atomic E-state index is -0.313. The van der Waals surface area contributed by atoms with Crippen LogP contribution in [0.2, 0.25) is 0 Å². The standard InChI is InChI=1S/C16H17NO3/c1-11-3-6-13(7-4-11)20-10-16(19)17-14-9-12(2)5-8-15(14)18/h3-9,18H,10H2,1-2H3,(H,17,19). The van der Waals surface area contributed by atoms with Crippen molar-refractivity contribution in [2.45, 2.75) is 13.8 Å². The number of hydrogen-bond acceptors (Lipinski definition) is 3. The number of carbonyl (C=O) groups is 1. The molecule has 2 rings (SSSR count). The van der Waals surface area contributed by atoms with Crippen molar-refractivity contribution in [1.82, 2.24) is 0 Å². The quantitative estimate of drug-likeness (QED) is 0.840. The molecule has 0 unspecified atom stereocenters. The molecule has 0 saturated heterocycles. The Morgan fingerprint density at radius 1 is 1.10 bits per heavy atom. The Kier molecular flexibility index (Phi) is 4.25. The van der Waals surface area contributed by atoms with Gasteiger partial charge in [0.05, 0.1) is 5.69 Å². The van der Waals surface area contributed by atoms with Crippen LogP contribution in [0.5, 0.6) is 11.5 Å². The first-order valence-corrected chi connectivity index (χ1v) is 6.33. The molecule has 0 fully saturated rings. The number of aryl methyl sites for hydroxylation is 2. The van der Waals surface area contributed by atoms with Crippen molar-refractivity contribution in [2.75, 3.05) is 11.9 Å². The molecule has 104 valence electrons. The van der Waals surface area contributed by atoms with Crippen LogP contribution >= 0.6 is 0 Å². The van der Waals surface area contributed by atoms with E-state index in [1.165, 1.54) is 0 Å². The third kappa shape index (κ3) is 3.75. The van der Waals surface area contributed by atoms with Gasteiger partial charge in [-0.2, -0.15) is 0 Å². The largest absolute Gasteiger partial charge is 0.506 e. The van der Waals surface area contributed by atoms with Crippen molar-refractivity contribution >= 4 is 11.6 Å². The fourth-order valence-electron chi connectivity index (χ4n) is 1.72. The molecule has 4 heteroatoms. The van der Waals surface area contributed by atoms with Gasteiger partial charge >= 0.3 is 0 Å². The summed E-state index contributed by atoms with van der Waals surface area (Å²) in [5.41, 5.74) is 2.48. The lowest BCUT2D eigenvalue weighted by Gasteiger charge is -2.09. The van der Waals surface area contributed by atoms with Crippen molar-refractivity contribution in [3.05, 3.63) is 53.6 Å². The summed E-state index contributed by atoms with van der Waals surface area (Å²) in [7, 11) is 0. The summed E-state index contributed by atoms with van der Waals surface area (Å²) in [4.78, 5) is 11.8. The number of nitrogens with one attached hydrogen (secondary N) is 1. The van der Waals surface area contributed by atoms with E-state index in [1.54, 1.807) is 18.2 Å². The molecule has 0 aliphatic rings. The number of anilines is 1. The minimum Gasteiger partial charge on any atom is -0.506 e. The lowest BCUT2D eigenvalue weighted by molar-refractivity contribution is -0.118. The molecule has 0 atom stereocenters. The Balaban J connectivity index is 1.92. The van der Waals surface area contributed by atoms with Crippen LogP contribution in [-0.2, 0) is 4.79 Å². The molecule has 0 radical (unpaired) electrons. The molecule has 1 amide bonds. The van der Waals surface area contributed by atoms with Crippen molar-refractivity contribution < 1.29 is 14.6 Å². The zero-order valence-corrected chi connectivity index (χ0v) is 11.5. The Hall–Kier alpha value is -2.49. The first-order valence-electron chi connectivity index (χ1n) is 6.33. The van der Waals surface area contributed by atoms with E-state index >= 15 is 0 Å². The SMILES string of the molecule is Cc1ccc(OCC(=O)Nc2cc(C)ccc2O)cc1. The highest BCUT2D eigenvalue weighted by molar-refractivity contribution is 5.93. The minimum absolute atomic E-state index is 0.0410. The summed E-state index contributed by atoms with van der Waals surface area (Å²) in [5, 5.41) is 12.3. The number of ether oxygens (including phenoxy) is 1. The molecular formula is C16H17NO3. The summed E-state index contributed by atoms with van der Waals surface area (Å²) in [6.45, 7) is 3.77. The maximum atomic E-state index is 11.8. The van der Waals surface area contributed by atoms with E-state index in [0.717, 1.165) is 11.1 Å². The van der Waals surface area contributed by atoms with Gasteiger partial charge in [0, 0.05) is 0 Å². The number of rotatable bonds is 4. The number of phenols is 1. The Bertz CT molecular complexity index is 606. The van der Waals surface area contributed by atoms with Gasteiger partial charge in [0.2, 0.25) is 0 Å². The van der Waals surface area contributed by atoms with Gasteiger partial charge in [-0.1, -0.05) is 23.8 Å². The molecule has 0 heterocycles. The summed E-state index contributed by atoms with van der Waals surface area (Å²) in [5.74, 6) is 0.366. The van der Waals surface area contributed by atoms with Crippen molar-refractivity contribution in [1.29, 1.82) is 0 Å². The second-order valence-corrected chi connectivity index (χ2v) is 4.67. The average molecular weight is 271 g/mol. The van der Waals surface area contributed by atoms with Gasteiger partial charge in [0.25, 0.3) is 5.91 Å². The first kappa shape index (κ1) is 13.9. The van der Waals surface area contributed by atoms with Gasteiger partial charge in [-0.3, -0.25) is 4.79 Å². The van der Waals surface area contributed by atoms with Crippen molar-refractivity contribution in [3.63, 3.8) is 0 Å². The predicted molar refractivity (Wildman–Crippen MR) is 78.1 cm³/mol. The van der Waals surface area contributed by atoms with Crippen LogP contribution in [0.15, 0.2) is 42.5 Å². The fraction of sp³-hybridized carbons (Fsp3) is 0.188. The topological polar surface area (TPSA) is 58.6 Å². The van der Waals surface area contributed by atoms with Gasteiger partial charge in [-0.05, 0) is 43.7 Å². The second-order valence-electron chi connectivity index (χ2n) is 4.67. The number of phenolic OH excluding ortho intramolecular Hbond substituents is 1. The monoisotopic (exact) mass is 271 g/mol. The molecule has 2 N–H and O–H groups in total. The van der Waals surface area contributed by atoms with E-state index in [4.69, 9.17) is 4.74 Å². The van der Waals surface area contributed by atoms with E-state index in [2.05, 4.69) is 5.32 Å². The number of amides is 1. The summed E-state index contributed by atoms with van der Waals surface area (Å²) < 4.78 is 5.37. The molecule has 20 heavy (non-hydrogen) atoms. The smallest absolute Gasteiger partial charge is 0.262 e.